The Balaban J connectivity index is 2.64. The lowest BCUT2D eigenvalue weighted by atomic mass is 9.84. The van der Waals surface area contributed by atoms with Crippen LogP contribution in [-0.2, 0) is 0 Å². The van der Waals surface area contributed by atoms with Crippen LogP contribution in [0.2, 0.25) is 0 Å². The molecular weight excluding hydrogens is 291 g/mol. The molecule has 110 valence electrons. The molecule has 0 saturated heterocycles. The predicted molar refractivity (Wildman–Crippen MR) is 74.0 cm³/mol. The van der Waals surface area contributed by atoms with Crippen LogP contribution in [0, 0.1) is 0 Å². The van der Waals surface area contributed by atoms with E-state index in [2.05, 4.69) is 10.1 Å². The average Bonchev–Trinajstić information content (AvgIpc) is 2.24. The molecule has 0 aromatic rings. The van der Waals surface area contributed by atoms with Crippen molar-refractivity contribution in [2.24, 2.45) is 10.1 Å². The molecule has 1 aliphatic carbocycles. The first-order valence-corrected chi connectivity index (χ1v) is 6.45. The van der Waals surface area contributed by atoms with Gasteiger partial charge in [-0.3, -0.25) is 5.01 Å². The summed E-state index contributed by atoms with van der Waals surface area (Å²) in [6.07, 6.45) is 0.632. The lowest BCUT2D eigenvalue weighted by Crippen LogP contribution is -2.59. The molecule has 0 radical (unpaired) electrons. The molecule has 1 aliphatic heterocycles. The summed E-state index contributed by atoms with van der Waals surface area (Å²) in [4.78, 5) is 2.62. The molecule has 2 rings (SSSR count). The Bertz CT molecular complexity index is 552. The van der Waals surface area contributed by atoms with E-state index in [4.69, 9.17) is 11.6 Å². The Morgan fingerprint density at radius 1 is 1.30 bits per heavy atom. The number of rotatable bonds is 1. The standard InChI is InChI=1S/C13H15ClF3N3/c1-8-6-5-7-12(4)9(8)18-10(13(15,16)17)19-20(12)11(2,3)14/h5-7H,1-4H3. The SMILES string of the molecule is CC1=CC=CC2(C)C1=NC(C(F)(F)F)=NN2C(C)(C)Cl. The highest BCUT2D eigenvalue weighted by Gasteiger charge is 2.49. The summed E-state index contributed by atoms with van der Waals surface area (Å²) in [5, 5.41) is 4.89. The molecule has 1 unspecified atom stereocenters. The zero-order valence-electron chi connectivity index (χ0n) is 11.6. The number of fused-ring (bicyclic) bond motifs is 1. The summed E-state index contributed by atoms with van der Waals surface area (Å²) in [5.41, 5.74) is 0.0902. The van der Waals surface area contributed by atoms with Crippen molar-refractivity contribution in [3.05, 3.63) is 23.8 Å². The first kappa shape index (κ1) is 15.1. The van der Waals surface area contributed by atoms with E-state index in [0.717, 1.165) is 0 Å². The second-order valence-electron chi connectivity index (χ2n) is 5.46. The van der Waals surface area contributed by atoms with Crippen LogP contribution < -0.4 is 0 Å². The van der Waals surface area contributed by atoms with Crippen LogP contribution in [0.5, 0.6) is 0 Å². The molecule has 0 N–H and O–H groups in total. The molecule has 0 aromatic heterocycles. The third kappa shape index (κ3) is 2.37. The van der Waals surface area contributed by atoms with Crippen molar-refractivity contribution >= 4 is 23.1 Å². The van der Waals surface area contributed by atoms with Crippen molar-refractivity contribution in [1.82, 2.24) is 5.01 Å². The Morgan fingerprint density at radius 3 is 2.40 bits per heavy atom. The number of aliphatic imine (C=N–C) groups is 1. The molecule has 1 heterocycles. The molecule has 0 aromatic carbocycles. The molecule has 0 saturated carbocycles. The summed E-state index contributed by atoms with van der Waals surface area (Å²) in [6.45, 7) is 6.67. The van der Waals surface area contributed by atoms with Crippen LogP contribution in [0.3, 0.4) is 0 Å². The zero-order chi connectivity index (χ0) is 15.3. The van der Waals surface area contributed by atoms with Gasteiger partial charge in [-0.05, 0) is 33.3 Å². The lowest BCUT2D eigenvalue weighted by Gasteiger charge is -2.47. The van der Waals surface area contributed by atoms with Crippen molar-refractivity contribution in [1.29, 1.82) is 0 Å². The van der Waals surface area contributed by atoms with Gasteiger partial charge in [0, 0.05) is 0 Å². The van der Waals surface area contributed by atoms with E-state index in [1.165, 1.54) is 5.01 Å². The number of halogens is 4. The molecule has 1 atom stereocenters. The number of hydrogen-bond donors (Lipinski definition) is 0. The molecule has 0 bridgehead atoms. The number of nitrogens with zero attached hydrogens (tertiary/aromatic N) is 3. The van der Waals surface area contributed by atoms with E-state index in [-0.39, 0.29) is 0 Å². The maximum absolute atomic E-state index is 13.0. The molecule has 0 amide bonds. The van der Waals surface area contributed by atoms with Crippen LogP contribution in [0.25, 0.3) is 0 Å². The fourth-order valence-electron chi connectivity index (χ4n) is 2.43. The smallest absolute Gasteiger partial charge is 0.259 e. The van der Waals surface area contributed by atoms with Crippen LogP contribution >= 0.6 is 11.6 Å². The van der Waals surface area contributed by atoms with Crippen molar-refractivity contribution in [2.45, 2.75) is 44.4 Å². The minimum atomic E-state index is -4.61. The van der Waals surface area contributed by atoms with Crippen LogP contribution in [0.1, 0.15) is 27.7 Å². The van der Waals surface area contributed by atoms with Crippen molar-refractivity contribution in [3.63, 3.8) is 0 Å². The van der Waals surface area contributed by atoms with Gasteiger partial charge in [0.15, 0.2) is 0 Å². The van der Waals surface area contributed by atoms with Crippen LogP contribution in [0.15, 0.2) is 33.9 Å². The van der Waals surface area contributed by atoms with E-state index in [1.54, 1.807) is 45.9 Å². The average molecular weight is 306 g/mol. The van der Waals surface area contributed by atoms with E-state index < -0.39 is 22.5 Å². The van der Waals surface area contributed by atoms with Gasteiger partial charge in [-0.15, -0.1) is 5.10 Å². The van der Waals surface area contributed by atoms with Gasteiger partial charge < -0.3 is 0 Å². The monoisotopic (exact) mass is 305 g/mol. The molecule has 2 aliphatic rings. The molecule has 3 nitrogen and oxygen atoms in total. The highest BCUT2D eigenvalue weighted by Crippen LogP contribution is 2.39. The largest absolute Gasteiger partial charge is 0.453 e. The summed E-state index contributed by atoms with van der Waals surface area (Å²) in [7, 11) is 0. The van der Waals surface area contributed by atoms with E-state index in [9.17, 15) is 13.2 Å². The van der Waals surface area contributed by atoms with E-state index in [0.29, 0.717) is 11.3 Å². The Kier molecular flexibility index (Phi) is 3.28. The molecule has 0 fully saturated rings. The van der Waals surface area contributed by atoms with Crippen molar-refractivity contribution < 1.29 is 13.2 Å². The molecule has 7 heteroatoms. The van der Waals surface area contributed by atoms with Gasteiger partial charge in [-0.25, -0.2) is 4.99 Å². The minimum absolute atomic E-state index is 0.316. The lowest BCUT2D eigenvalue weighted by molar-refractivity contribution is -0.0629. The van der Waals surface area contributed by atoms with Gasteiger partial charge in [-0.1, -0.05) is 29.8 Å². The Hall–Kier alpha value is -1.30. The fourth-order valence-corrected chi connectivity index (χ4v) is 2.64. The number of hydrogen-bond acceptors (Lipinski definition) is 3. The third-order valence-corrected chi connectivity index (χ3v) is 3.39. The highest BCUT2D eigenvalue weighted by molar-refractivity contribution is 6.24. The van der Waals surface area contributed by atoms with E-state index in [1.807, 2.05) is 0 Å². The Labute approximate surface area is 120 Å². The summed E-state index contributed by atoms with van der Waals surface area (Å²) >= 11 is 6.23. The number of alkyl halides is 4. The van der Waals surface area contributed by atoms with E-state index >= 15 is 0 Å². The van der Waals surface area contributed by atoms with Gasteiger partial charge >= 0.3 is 6.18 Å². The maximum Gasteiger partial charge on any atom is 0.453 e. The van der Waals surface area contributed by atoms with Crippen LogP contribution in [-0.4, -0.2) is 33.3 Å². The second-order valence-corrected chi connectivity index (χ2v) is 6.38. The summed E-state index contributed by atoms with van der Waals surface area (Å²) < 4.78 is 38.9. The quantitative estimate of drug-likeness (QED) is 0.534. The Morgan fingerprint density at radius 2 is 1.90 bits per heavy atom. The number of allylic oxidation sites excluding steroid dienone is 2. The summed E-state index contributed by atoms with van der Waals surface area (Å²) in [5.74, 6) is -1.18. The second kappa shape index (κ2) is 4.35. The minimum Gasteiger partial charge on any atom is -0.259 e. The molecular formula is C13H15ClF3N3. The third-order valence-electron chi connectivity index (χ3n) is 3.23. The summed E-state index contributed by atoms with van der Waals surface area (Å²) in [6, 6.07) is 0. The van der Waals surface area contributed by atoms with Gasteiger partial charge in [0.05, 0.1) is 5.71 Å². The van der Waals surface area contributed by atoms with Crippen molar-refractivity contribution in [3.8, 4) is 0 Å². The van der Waals surface area contributed by atoms with Gasteiger partial charge in [0.2, 0.25) is 0 Å². The van der Waals surface area contributed by atoms with Crippen LogP contribution in [0.4, 0.5) is 13.2 Å². The highest BCUT2D eigenvalue weighted by atomic mass is 35.5. The van der Waals surface area contributed by atoms with Gasteiger partial charge in [0.25, 0.3) is 5.84 Å². The molecule has 20 heavy (non-hydrogen) atoms. The fraction of sp³-hybridized carbons (Fsp3) is 0.538. The normalized spacial score (nSPS) is 26.8. The van der Waals surface area contributed by atoms with Gasteiger partial charge in [-0.2, -0.15) is 13.2 Å². The molecule has 0 spiro atoms. The number of hydrazone groups is 1. The topological polar surface area (TPSA) is 28.0 Å². The van der Waals surface area contributed by atoms with Crippen molar-refractivity contribution in [2.75, 3.05) is 0 Å². The first-order valence-electron chi connectivity index (χ1n) is 6.07. The maximum atomic E-state index is 13.0. The predicted octanol–water partition coefficient (Wildman–Crippen LogP) is 3.87. The number of amidine groups is 1. The zero-order valence-corrected chi connectivity index (χ0v) is 12.3. The van der Waals surface area contributed by atoms with Gasteiger partial charge in [0.1, 0.15) is 10.5 Å². The first-order chi connectivity index (χ1) is 8.96.